The molecule has 0 saturated carbocycles. The van der Waals surface area contributed by atoms with E-state index in [-0.39, 0.29) is 34.4 Å². The van der Waals surface area contributed by atoms with Crippen molar-refractivity contribution in [1.29, 1.82) is 0 Å². The molecule has 3 N–H and O–H groups in total. The van der Waals surface area contributed by atoms with Gasteiger partial charge in [-0.1, -0.05) is 18.5 Å². The van der Waals surface area contributed by atoms with Crippen molar-refractivity contribution < 1.29 is 19.8 Å². The number of aromatic carboxylic acids is 1. The topological polar surface area (TPSA) is 86.6 Å². The number of hydrogen-bond acceptors (Lipinski definition) is 3. The van der Waals surface area contributed by atoms with Crippen LogP contribution in [0.25, 0.3) is 0 Å². The van der Waals surface area contributed by atoms with Gasteiger partial charge in [0.25, 0.3) is 0 Å². The molecule has 0 radical (unpaired) electrons. The van der Waals surface area contributed by atoms with Crippen molar-refractivity contribution >= 4 is 23.5 Å². The first kappa shape index (κ1) is 13.3. The minimum Gasteiger partial charge on any atom is -0.507 e. The third-order valence-electron chi connectivity index (χ3n) is 2.18. The second-order valence-electron chi connectivity index (χ2n) is 3.40. The number of carboxylic acids is 1. The van der Waals surface area contributed by atoms with Crippen molar-refractivity contribution in [3.8, 4) is 5.75 Å². The lowest BCUT2D eigenvalue weighted by Crippen LogP contribution is -2.21. The van der Waals surface area contributed by atoms with E-state index < -0.39 is 5.97 Å². The van der Waals surface area contributed by atoms with Gasteiger partial charge in [0.05, 0.1) is 0 Å². The zero-order valence-corrected chi connectivity index (χ0v) is 9.91. The number of carbonyl (C=O) groups excluding carboxylic acids is 1. The highest BCUT2D eigenvalue weighted by Crippen LogP contribution is 2.27. The number of nitrogens with one attached hydrogen (secondary N) is 1. The lowest BCUT2D eigenvalue weighted by Gasteiger charge is -2.09. The SMILES string of the molecule is CCC(=O)NCc1cc(Cl)cc(C(=O)O)c1O. The van der Waals surface area contributed by atoms with E-state index in [1.165, 1.54) is 6.07 Å². The number of amides is 1. The molecule has 0 bridgehead atoms. The molecular weight excluding hydrogens is 246 g/mol. The molecular formula is C11H12ClNO4. The number of carboxylic acid groups (broad SMARTS) is 1. The molecule has 17 heavy (non-hydrogen) atoms. The first-order chi connectivity index (χ1) is 7.95. The van der Waals surface area contributed by atoms with Gasteiger partial charge in [-0.25, -0.2) is 4.79 Å². The minimum absolute atomic E-state index is 0.0410. The largest absolute Gasteiger partial charge is 0.507 e. The molecule has 0 saturated heterocycles. The van der Waals surface area contributed by atoms with Crippen LogP contribution >= 0.6 is 11.6 Å². The predicted molar refractivity (Wildman–Crippen MR) is 62.2 cm³/mol. The highest BCUT2D eigenvalue weighted by molar-refractivity contribution is 6.31. The highest BCUT2D eigenvalue weighted by atomic mass is 35.5. The molecule has 1 rings (SSSR count). The maximum Gasteiger partial charge on any atom is 0.339 e. The van der Waals surface area contributed by atoms with E-state index in [0.29, 0.717) is 6.42 Å². The van der Waals surface area contributed by atoms with Crippen LogP contribution in [-0.2, 0) is 11.3 Å². The summed E-state index contributed by atoms with van der Waals surface area (Å²) in [6.45, 7) is 1.73. The predicted octanol–water partition coefficient (Wildman–Crippen LogP) is 1.77. The number of aromatic hydroxyl groups is 1. The van der Waals surface area contributed by atoms with Crippen LogP contribution < -0.4 is 5.32 Å². The number of benzene rings is 1. The molecule has 0 spiro atoms. The van der Waals surface area contributed by atoms with Gasteiger partial charge < -0.3 is 15.5 Å². The van der Waals surface area contributed by atoms with Gasteiger partial charge in [0.1, 0.15) is 11.3 Å². The Morgan fingerprint density at radius 2 is 2.06 bits per heavy atom. The molecule has 0 aliphatic heterocycles. The molecule has 0 aliphatic rings. The van der Waals surface area contributed by atoms with Crippen LogP contribution in [0.3, 0.4) is 0 Å². The highest BCUT2D eigenvalue weighted by Gasteiger charge is 2.15. The third kappa shape index (κ3) is 3.35. The van der Waals surface area contributed by atoms with E-state index in [9.17, 15) is 14.7 Å². The average Bonchev–Trinajstić information content (AvgIpc) is 2.28. The Balaban J connectivity index is 2.99. The van der Waals surface area contributed by atoms with Crippen LogP contribution in [0.1, 0.15) is 29.3 Å². The van der Waals surface area contributed by atoms with Gasteiger partial charge in [-0.15, -0.1) is 0 Å². The van der Waals surface area contributed by atoms with Crippen LogP contribution in [0.5, 0.6) is 5.75 Å². The van der Waals surface area contributed by atoms with Crippen LogP contribution in [0.4, 0.5) is 0 Å². The van der Waals surface area contributed by atoms with Gasteiger partial charge in [0.2, 0.25) is 5.91 Å². The zero-order chi connectivity index (χ0) is 13.0. The lowest BCUT2D eigenvalue weighted by atomic mass is 10.1. The number of phenols is 1. The van der Waals surface area contributed by atoms with Crippen molar-refractivity contribution in [2.75, 3.05) is 0 Å². The van der Waals surface area contributed by atoms with Crippen LogP contribution in [0.2, 0.25) is 5.02 Å². The summed E-state index contributed by atoms with van der Waals surface area (Å²) < 4.78 is 0. The van der Waals surface area contributed by atoms with E-state index in [1.54, 1.807) is 6.92 Å². The van der Waals surface area contributed by atoms with Crippen molar-refractivity contribution in [3.63, 3.8) is 0 Å². The molecule has 1 amide bonds. The molecule has 92 valence electrons. The Kier molecular flexibility index (Phi) is 4.34. The van der Waals surface area contributed by atoms with Crippen molar-refractivity contribution in [3.05, 3.63) is 28.3 Å². The van der Waals surface area contributed by atoms with Crippen LogP contribution in [0, 0.1) is 0 Å². The molecule has 1 aromatic carbocycles. The smallest absolute Gasteiger partial charge is 0.339 e. The van der Waals surface area contributed by atoms with Gasteiger partial charge >= 0.3 is 5.97 Å². The van der Waals surface area contributed by atoms with Gasteiger partial charge in [-0.2, -0.15) is 0 Å². The lowest BCUT2D eigenvalue weighted by molar-refractivity contribution is -0.120. The summed E-state index contributed by atoms with van der Waals surface area (Å²) in [5.74, 6) is -1.84. The van der Waals surface area contributed by atoms with Gasteiger partial charge in [0, 0.05) is 23.6 Å². The van der Waals surface area contributed by atoms with E-state index in [0.717, 1.165) is 6.07 Å². The summed E-state index contributed by atoms with van der Waals surface area (Å²) in [5.41, 5.74) is -0.00468. The van der Waals surface area contributed by atoms with Gasteiger partial charge in [-0.05, 0) is 12.1 Å². The molecule has 1 aromatic rings. The Bertz CT molecular complexity index is 459. The quantitative estimate of drug-likeness (QED) is 0.767. The van der Waals surface area contributed by atoms with Crippen LogP contribution in [0.15, 0.2) is 12.1 Å². The number of carbonyl (C=O) groups is 2. The number of rotatable bonds is 4. The molecule has 5 nitrogen and oxygen atoms in total. The van der Waals surface area contributed by atoms with E-state index in [4.69, 9.17) is 16.7 Å². The fourth-order valence-electron chi connectivity index (χ4n) is 1.27. The average molecular weight is 258 g/mol. The van der Waals surface area contributed by atoms with Gasteiger partial charge in [-0.3, -0.25) is 4.79 Å². The second kappa shape index (κ2) is 5.54. The zero-order valence-electron chi connectivity index (χ0n) is 9.16. The summed E-state index contributed by atoms with van der Waals surface area (Å²) in [6.07, 6.45) is 0.313. The maximum absolute atomic E-state index is 11.1. The summed E-state index contributed by atoms with van der Waals surface area (Å²) >= 11 is 5.73. The Morgan fingerprint density at radius 3 is 2.59 bits per heavy atom. The number of halogens is 1. The van der Waals surface area contributed by atoms with E-state index in [1.807, 2.05) is 0 Å². The fraction of sp³-hybridized carbons (Fsp3) is 0.273. The van der Waals surface area contributed by atoms with Crippen molar-refractivity contribution in [2.24, 2.45) is 0 Å². The summed E-state index contributed by atoms with van der Waals surface area (Å²) in [4.78, 5) is 21.9. The fourth-order valence-corrected chi connectivity index (χ4v) is 1.51. The first-order valence-corrected chi connectivity index (χ1v) is 5.34. The van der Waals surface area contributed by atoms with E-state index >= 15 is 0 Å². The molecule has 0 aliphatic carbocycles. The Labute approximate surface area is 103 Å². The van der Waals surface area contributed by atoms with E-state index in [2.05, 4.69) is 5.32 Å². The molecule has 0 fully saturated rings. The summed E-state index contributed by atoms with van der Waals surface area (Å²) in [6, 6.07) is 2.57. The molecule has 6 heteroatoms. The monoisotopic (exact) mass is 257 g/mol. The van der Waals surface area contributed by atoms with Gasteiger partial charge in [0.15, 0.2) is 0 Å². The molecule has 0 atom stereocenters. The first-order valence-electron chi connectivity index (χ1n) is 4.97. The standard InChI is InChI=1S/C11H12ClNO4/c1-2-9(14)13-5-6-3-7(12)4-8(10(6)15)11(16)17/h3-4,15H,2,5H2,1H3,(H,13,14)(H,16,17). The van der Waals surface area contributed by atoms with Crippen molar-refractivity contribution in [1.82, 2.24) is 5.32 Å². The maximum atomic E-state index is 11.1. The minimum atomic E-state index is -1.27. The second-order valence-corrected chi connectivity index (χ2v) is 3.83. The molecule has 0 unspecified atom stereocenters. The van der Waals surface area contributed by atoms with Crippen LogP contribution in [-0.4, -0.2) is 22.1 Å². The Morgan fingerprint density at radius 1 is 1.41 bits per heavy atom. The number of hydrogen-bond donors (Lipinski definition) is 3. The normalized spacial score (nSPS) is 10.0. The summed E-state index contributed by atoms with van der Waals surface area (Å²) in [5, 5.41) is 21.2. The Hall–Kier alpha value is -1.75. The molecule has 0 heterocycles. The summed E-state index contributed by atoms with van der Waals surface area (Å²) in [7, 11) is 0. The third-order valence-corrected chi connectivity index (χ3v) is 2.40. The van der Waals surface area contributed by atoms with Crippen molar-refractivity contribution in [2.45, 2.75) is 19.9 Å². The molecule has 0 aromatic heterocycles.